The first-order valence-electron chi connectivity index (χ1n) is 9.04. The number of hydrogen-bond donors (Lipinski definition) is 1. The highest BCUT2D eigenvalue weighted by Crippen LogP contribution is 2.36. The third-order valence-corrected chi connectivity index (χ3v) is 4.61. The lowest BCUT2D eigenvalue weighted by Gasteiger charge is -2.05. The van der Waals surface area contributed by atoms with Crippen LogP contribution in [0, 0.1) is 6.92 Å². The molecule has 0 unspecified atom stereocenters. The van der Waals surface area contributed by atoms with Gasteiger partial charge in [0.15, 0.2) is 5.82 Å². The van der Waals surface area contributed by atoms with Crippen molar-refractivity contribution in [3.8, 4) is 11.4 Å². The fourth-order valence-corrected chi connectivity index (χ4v) is 2.98. The lowest BCUT2D eigenvalue weighted by Crippen LogP contribution is -2.33. The number of aryl methyl sites for hydroxylation is 1. The van der Waals surface area contributed by atoms with Crippen molar-refractivity contribution in [1.29, 1.82) is 0 Å². The van der Waals surface area contributed by atoms with E-state index < -0.39 is 0 Å². The predicted molar refractivity (Wildman–Crippen MR) is 101 cm³/mol. The van der Waals surface area contributed by atoms with E-state index in [2.05, 4.69) is 15.4 Å². The van der Waals surface area contributed by atoms with Crippen LogP contribution in [0.2, 0.25) is 0 Å². The second-order valence-corrected chi connectivity index (χ2v) is 6.87. The molecule has 7 heteroatoms. The second kappa shape index (κ2) is 7.19. The van der Waals surface area contributed by atoms with Gasteiger partial charge in [-0.25, -0.2) is 9.48 Å². The zero-order chi connectivity index (χ0) is 18.8. The number of hydrogen-bond acceptors (Lipinski definition) is 4. The number of aromatic nitrogens is 4. The normalized spacial score (nSPS) is 13.5. The molecule has 1 fully saturated rings. The summed E-state index contributed by atoms with van der Waals surface area (Å²) in [6.45, 7) is 2.34. The first-order chi connectivity index (χ1) is 13.1. The molecule has 0 radical (unpaired) electrons. The van der Waals surface area contributed by atoms with Gasteiger partial charge < -0.3 is 5.32 Å². The largest absolute Gasteiger partial charge is 0.350 e. The summed E-state index contributed by atoms with van der Waals surface area (Å²) in [5, 5.41) is 7.26. The van der Waals surface area contributed by atoms with Crippen LogP contribution in [0.4, 0.5) is 0 Å². The Morgan fingerprint density at radius 3 is 2.67 bits per heavy atom. The average Bonchev–Trinajstić information content (AvgIpc) is 3.47. The summed E-state index contributed by atoms with van der Waals surface area (Å²) >= 11 is 0. The van der Waals surface area contributed by atoms with Crippen LogP contribution >= 0.6 is 0 Å². The van der Waals surface area contributed by atoms with Crippen LogP contribution in [0.5, 0.6) is 0 Å². The highest BCUT2D eigenvalue weighted by molar-refractivity contribution is 5.75. The molecule has 0 bridgehead atoms. The third kappa shape index (κ3) is 3.81. The molecule has 0 spiro atoms. The zero-order valence-corrected chi connectivity index (χ0v) is 15.1. The summed E-state index contributed by atoms with van der Waals surface area (Å²) in [6.07, 6.45) is 5.28. The fourth-order valence-electron chi connectivity index (χ4n) is 2.98. The lowest BCUT2D eigenvalue weighted by molar-refractivity contribution is -0.122. The molecule has 1 aromatic carbocycles. The Balaban J connectivity index is 1.51. The Morgan fingerprint density at radius 2 is 2.00 bits per heavy atom. The minimum atomic E-state index is -0.248. The fraction of sp³-hybridized carbons (Fsp3) is 0.300. The summed E-state index contributed by atoms with van der Waals surface area (Å²) in [6, 6.07) is 11.8. The molecule has 1 aliphatic rings. The SMILES string of the molecule is Cc1ccc(CNC(=O)Cn2nc(-c3cccnc3)n(C3CC3)c2=O)cc1. The molecule has 138 valence electrons. The summed E-state index contributed by atoms with van der Waals surface area (Å²) < 4.78 is 2.93. The average molecular weight is 363 g/mol. The Bertz CT molecular complexity index is 1000. The van der Waals surface area contributed by atoms with Crippen molar-refractivity contribution in [1.82, 2.24) is 24.6 Å². The standard InChI is InChI=1S/C20H21N5O2/c1-14-4-6-15(7-5-14)11-22-18(26)13-24-20(27)25(17-8-9-17)19(23-24)16-3-2-10-21-12-16/h2-7,10,12,17H,8-9,11,13H2,1H3,(H,22,26). The van der Waals surface area contributed by atoms with E-state index in [0.717, 1.165) is 24.0 Å². The van der Waals surface area contributed by atoms with Crippen molar-refractivity contribution >= 4 is 5.91 Å². The van der Waals surface area contributed by atoms with Crippen LogP contribution < -0.4 is 11.0 Å². The maximum atomic E-state index is 12.8. The maximum Gasteiger partial charge on any atom is 0.346 e. The minimum absolute atomic E-state index is 0.0995. The molecule has 1 N–H and O–H groups in total. The Morgan fingerprint density at radius 1 is 1.22 bits per heavy atom. The number of nitrogens with one attached hydrogen (secondary N) is 1. The van der Waals surface area contributed by atoms with E-state index in [4.69, 9.17) is 0 Å². The monoisotopic (exact) mass is 363 g/mol. The van der Waals surface area contributed by atoms with Crippen molar-refractivity contribution < 1.29 is 4.79 Å². The van der Waals surface area contributed by atoms with Crippen LogP contribution in [0.15, 0.2) is 53.6 Å². The quantitative estimate of drug-likeness (QED) is 0.727. The molecule has 2 heterocycles. The van der Waals surface area contributed by atoms with Gasteiger partial charge in [-0.1, -0.05) is 29.8 Å². The van der Waals surface area contributed by atoms with E-state index in [0.29, 0.717) is 12.4 Å². The van der Waals surface area contributed by atoms with Crippen molar-refractivity contribution in [3.63, 3.8) is 0 Å². The highest BCUT2D eigenvalue weighted by Gasteiger charge is 2.30. The topological polar surface area (TPSA) is 81.8 Å². The van der Waals surface area contributed by atoms with Gasteiger partial charge in [-0.2, -0.15) is 0 Å². The van der Waals surface area contributed by atoms with Gasteiger partial charge in [-0.3, -0.25) is 14.3 Å². The van der Waals surface area contributed by atoms with E-state index in [1.165, 1.54) is 10.2 Å². The smallest absolute Gasteiger partial charge is 0.346 e. The number of amides is 1. The van der Waals surface area contributed by atoms with E-state index in [1.54, 1.807) is 17.0 Å². The summed E-state index contributed by atoms with van der Waals surface area (Å²) in [5.41, 5.74) is 2.72. The molecule has 0 atom stereocenters. The number of rotatable bonds is 6. The second-order valence-electron chi connectivity index (χ2n) is 6.87. The molecule has 1 aliphatic carbocycles. The van der Waals surface area contributed by atoms with Gasteiger partial charge in [0.2, 0.25) is 5.91 Å². The van der Waals surface area contributed by atoms with Gasteiger partial charge in [0.05, 0.1) is 0 Å². The van der Waals surface area contributed by atoms with Crippen molar-refractivity contribution in [3.05, 3.63) is 70.4 Å². The van der Waals surface area contributed by atoms with Crippen LogP contribution in [0.3, 0.4) is 0 Å². The van der Waals surface area contributed by atoms with E-state index in [1.807, 2.05) is 43.3 Å². The van der Waals surface area contributed by atoms with Gasteiger partial charge in [0.1, 0.15) is 6.54 Å². The molecule has 3 aromatic rings. The number of pyridine rings is 1. The van der Waals surface area contributed by atoms with Crippen molar-refractivity contribution in [2.45, 2.75) is 38.9 Å². The van der Waals surface area contributed by atoms with Crippen LogP contribution in [0.25, 0.3) is 11.4 Å². The first kappa shape index (κ1) is 17.2. The van der Waals surface area contributed by atoms with Crippen molar-refractivity contribution in [2.24, 2.45) is 0 Å². The Labute approximate surface area is 156 Å². The highest BCUT2D eigenvalue weighted by atomic mass is 16.2. The summed E-state index contributed by atoms with van der Waals surface area (Å²) in [7, 11) is 0. The summed E-state index contributed by atoms with van der Waals surface area (Å²) in [4.78, 5) is 29.2. The number of benzene rings is 1. The van der Waals surface area contributed by atoms with E-state index >= 15 is 0 Å². The van der Waals surface area contributed by atoms with Gasteiger partial charge >= 0.3 is 5.69 Å². The Kier molecular flexibility index (Phi) is 4.58. The van der Waals surface area contributed by atoms with Gasteiger partial charge in [-0.05, 0) is 37.5 Å². The van der Waals surface area contributed by atoms with Crippen molar-refractivity contribution in [2.75, 3.05) is 0 Å². The summed E-state index contributed by atoms with van der Waals surface area (Å²) in [5.74, 6) is 0.331. The van der Waals surface area contributed by atoms with E-state index in [9.17, 15) is 9.59 Å². The number of carbonyl (C=O) groups excluding carboxylic acids is 1. The van der Waals surface area contributed by atoms with Gasteiger partial charge in [0.25, 0.3) is 0 Å². The van der Waals surface area contributed by atoms with Gasteiger partial charge in [-0.15, -0.1) is 5.10 Å². The van der Waals surface area contributed by atoms with E-state index in [-0.39, 0.29) is 24.2 Å². The molecule has 1 amide bonds. The number of carbonyl (C=O) groups is 1. The molecule has 2 aromatic heterocycles. The lowest BCUT2D eigenvalue weighted by atomic mass is 10.1. The molecule has 27 heavy (non-hydrogen) atoms. The van der Waals surface area contributed by atoms with Gasteiger partial charge in [0, 0.05) is 30.5 Å². The molecule has 0 saturated heterocycles. The minimum Gasteiger partial charge on any atom is -0.350 e. The maximum absolute atomic E-state index is 12.8. The molecule has 1 saturated carbocycles. The predicted octanol–water partition coefficient (Wildman–Crippen LogP) is 2.07. The van der Waals surface area contributed by atoms with Crippen LogP contribution in [-0.4, -0.2) is 25.2 Å². The molecular formula is C20H21N5O2. The van der Waals surface area contributed by atoms with Crippen LogP contribution in [-0.2, 0) is 17.9 Å². The Hall–Kier alpha value is -3.22. The molecule has 4 rings (SSSR count). The third-order valence-electron chi connectivity index (χ3n) is 4.61. The molecular weight excluding hydrogens is 342 g/mol. The number of nitrogens with zero attached hydrogens (tertiary/aromatic N) is 4. The first-order valence-corrected chi connectivity index (χ1v) is 9.04. The van der Waals surface area contributed by atoms with Crippen LogP contribution in [0.1, 0.15) is 30.0 Å². The molecule has 0 aliphatic heterocycles. The zero-order valence-electron chi connectivity index (χ0n) is 15.1. The molecule has 7 nitrogen and oxygen atoms in total.